The molecule has 3 atom stereocenters. The second-order valence-corrected chi connectivity index (χ2v) is 7.09. The summed E-state index contributed by atoms with van der Waals surface area (Å²) in [7, 11) is 0. The topological polar surface area (TPSA) is 70.0 Å². The molecule has 1 amide bonds. The van der Waals surface area contributed by atoms with Gasteiger partial charge in [0.15, 0.2) is 0 Å². The van der Waals surface area contributed by atoms with Gasteiger partial charge >= 0.3 is 6.09 Å². The molecular formula is C15H19Cl2NO4S. The van der Waals surface area contributed by atoms with Crippen LogP contribution in [0.15, 0.2) is 18.2 Å². The molecule has 1 heterocycles. The van der Waals surface area contributed by atoms with E-state index in [1.54, 1.807) is 18.2 Å². The standard InChI is InChI=1S/C15H19Cl2NO4S/c1-23-8-13(19)14-10(7-18(15(20)21)4-5-22-14)9-2-3-11(16)12(17)6-9/h2-3,6,10,13-14,19H,4-5,7-8H2,1H3,(H,20,21)/t10-,13-,14+/m0/s1. The lowest BCUT2D eigenvalue weighted by Crippen LogP contribution is -2.40. The normalized spacial score (nSPS) is 23.4. The lowest BCUT2D eigenvalue weighted by atomic mass is 9.90. The second-order valence-electron chi connectivity index (χ2n) is 5.37. The van der Waals surface area contributed by atoms with Crippen molar-refractivity contribution in [3.63, 3.8) is 0 Å². The van der Waals surface area contributed by atoms with Crippen molar-refractivity contribution in [2.45, 2.75) is 18.1 Å². The Bertz CT molecular complexity index is 560. The third-order valence-corrected chi connectivity index (χ3v) is 5.26. The third-order valence-electron chi connectivity index (χ3n) is 3.84. The first-order valence-electron chi connectivity index (χ1n) is 7.15. The van der Waals surface area contributed by atoms with Gasteiger partial charge in [0.2, 0.25) is 0 Å². The summed E-state index contributed by atoms with van der Waals surface area (Å²) in [5.74, 6) is 0.195. The summed E-state index contributed by atoms with van der Waals surface area (Å²) in [5.41, 5.74) is 0.803. The Kier molecular flexibility index (Phi) is 6.85. The Morgan fingerprint density at radius 1 is 1.48 bits per heavy atom. The first kappa shape index (κ1) is 18.7. The van der Waals surface area contributed by atoms with E-state index in [9.17, 15) is 15.0 Å². The summed E-state index contributed by atoms with van der Waals surface area (Å²) < 4.78 is 5.79. The molecule has 0 aliphatic carbocycles. The Labute approximate surface area is 149 Å². The summed E-state index contributed by atoms with van der Waals surface area (Å²) >= 11 is 13.6. The van der Waals surface area contributed by atoms with Gasteiger partial charge in [-0.1, -0.05) is 29.3 Å². The molecule has 5 nitrogen and oxygen atoms in total. The van der Waals surface area contributed by atoms with E-state index in [0.29, 0.717) is 15.8 Å². The average molecular weight is 380 g/mol. The van der Waals surface area contributed by atoms with E-state index in [2.05, 4.69) is 0 Å². The molecule has 1 saturated heterocycles. The van der Waals surface area contributed by atoms with Crippen molar-refractivity contribution in [3.05, 3.63) is 33.8 Å². The zero-order valence-electron chi connectivity index (χ0n) is 12.6. The maximum atomic E-state index is 11.4. The molecule has 2 rings (SSSR count). The number of carboxylic acid groups (broad SMARTS) is 1. The zero-order valence-corrected chi connectivity index (χ0v) is 14.9. The number of nitrogens with zero attached hydrogens (tertiary/aromatic N) is 1. The fraction of sp³-hybridized carbons (Fsp3) is 0.533. The first-order chi connectivity index (χ1) is 10.9. The van der Waals surface area contributed by atoms with Gasteiger partial charge in [-0.2, -0.15) is 11.8 Å². The molecule has 2 N–H and O–H groups in total. The van der Waals surface area contributed by atoms with Gasteiger partial charge in [-0.15, -0.1) is 0 Å². The van der Waals surface area contributed by atoms with E-state index in [-0.39, 0.29) is 25.6 Å². The van der Waals surface area contributed by atoms with Gasteiger partial charge in [-0.25, -0.2) is 4.79 Å². The minimum Gasteiger partial charge on any atom is -0.465 e. The van der Waals surface area contributed by atoms with Crippen molar-refractivity contribution in [3.8, 4) is 0 Å². The van der Waals surface area contributed by atoms with E-state index in [4.69, 9.17) is 27.9 Å². The van der Waals surface area contributed by atoms with Crippen LogP contribution in [0.1, 0.15) is 11.5 Å². The average Bonchev–Trinajstić information content (AvgIpc) is 2.73. The van der Waals surface area contributed by atoms with Gasteiger partial charge in [0.25, 0.3) is 0 Å². The number of halogens is 2. The lowest BCUT2D eigenvalue weighted by Gasteiger charge is -2.30. The fourth-order valence-corrected chi connectivity index (χ4v) is 3.54. The highest BCUT2D eigenvalue weighted by Crippen LogP contribution is 2.32. The predicted octanol–water partition coefficient (Wildman–Crippen LogP) is 3.18. The molecule has 23 heavy (non-hydrogen) atoms. The lowest BCUT2D eigenvalue weighted by molar-refractivity contribution is -0.0304. The number of benzene rings is 1. The molecule has 8 heteroatoms. The van der Waals surface area contributed by atoms with Crippen LogP contribution < -0.4 is 0 Å². The number of amides is 1. The molecule has 0 spiro atoms. The van der Waals surface area contributed by atoms with Crippen molar-refractivity contribution in [1.29, 1.82) is 0 Å². The Balaban J connectivity index is 2.35. The fourth-order valence-electron chi connectivity index (χ4n) is 2.70. The van der Waals surface area contributed by atoms with Crippen molar-refractivity contribution < 1.29 is 19.7 Å². The Hall–Kier alpha value is -0.660. The molecule has 0 radical (unpaired) electrons. The summed E-state index contributed by atoms with van der Waals surface area (Å²) in [5, 5.41) is 20.5. The molecule has 0 saturated carbocycles. The second kappa shape index (κ2) is 8.44. The molecule has 1 aromatic carbocycles. The summed E-state index contributed by atoms with van der Waals surface area (Å²) in [6.07, 6.45) is -0.293. The summed E-state index contributed by atoms with van der Waals surface area (Å²) in [4.78, 5) is 12.7. The van der Waals surface area contributed by atoms with Gasteiger partial charge in [0, 0.05) is 24.8 Å². The number of hydrogen-bond donors (Lipinski definition) is 2. The molecule has 1 aromatic rings. The molecule has 0 unspecified atom stereocenters. The number of carbonyl (C=O) groups is 1. The SMILES string of the molecule is CSC[C@H](O)[C@@H]1OCCN(C(=O)O)C[C@H]1c1ccc(Cl)c(Cl)c1. The van der Waals surface area contributed by atoms with E-state index < -0.39 is 18.3 Å². The van der Waals surface area contributed by atoms with Crippen LogP contribution in [0.2, 0.25) is 10.0 Å². The van der Waals surface area contributed by atoms with Crippen molar-refractivity contribution >= 4 is 41.1 Å². The van der Waals surface area contributed by atoms with Crippen LogP contribution in [0, 0.1) is 0 Å². The number of ether oxygens (including phenoxy) is 1. The minimum absolute atomic E-state index is 0.239. The van der Waals surface area contributed by atoms with Crippen LogP contribution in [-0.2, 0) is 4.74 Å². The van der Waals surface area contributed by atoms with Crippen LogP contribution in [0.4, 0.5) is 4.79 Å². The molecular weight excluding hydrogens is 361 g/mol. The Morgan fingerprint density at radius 3 is 2.83 bits per heavy atom. The third kappa shape index (κ3) is 4.67. The quantitative estimate of drug-likeness (QED) is 0.840. The number of aliphatic hydroxyl groups excluding tert-OH is 1. The number of rotatable bonds is 4. The van der Waals surface area contributed by atoms with Gasteiger partial charge in [0.05, 0.1) is 28.9 Å². The van der Waals surface area contributed by atoms with Crippen LogP contribution in [0.3, 0.4) is 0 Å². The molecule has 128 valence electrons. The van der Waals surface area contributed by atoms with Crippen molar-refractivity contribution in [2.24, 2.45) is 0 Å². The Morgan fingerprint density at radius 2 is 2.22 bits per heavy atom. The van der Waals surface area contributed by atoms with Crippen LogP contribution in [0.5, 0.6) is 0 Å². The van der Waals surface area contributed by atoms with E-state index in [1.807, 2.05) is 6.26 Å². The number of hydrogen-bond acceptors (Lipinski definition) is 4. The van der Waals surface area contributed by atoms with Gasteiger partial charge in [-0.05, 0) is 24.0 Å². The summed E-state index contributed by atoms with van der Waals surface area (Å²) in [6.45, 7) is 0.763. The van der Waals surface area contributed by atoms with E-state index in [1.165, 1.54) is 16.7 Å². The summed E-state index contributed by atoms with van der Waals surface area (Å²) in [6, 6.07) is 5.18. The molecule has 1 aliphatic rings. The highest BCUT2D eigenvalue weighted by atomic mass is 35.5. The smallest absolute Gasteiger partial charge is 0.407 e. The highest BCUT2D eigenvalue weighted by molar-refractivity contribution is 7.98. The predicted molar refractivity (Wildman–Crippen MR) is 92.9 cm³/mol. The number of aliphatic hydroxyl groups is 1. The highest BCUT2D eigenvalue weighted by Gasteiger charge is 2.35. The monoisotopic (exact) mass is 379 g/mol. The first-order valence-corrected chi connectivity index (χ1v) is 9.30. The van der Waals surface area contributed by atoms with Crippen LogP contribution >= 0.6 is 35.0 Å². The largest absolute Gasteiger partial charge is 0.465 e. The van der Waals surface area contributed by atoms with Gasteiger partial charge < -0.3 is 19.8 Å². The van der Waals surface area contributed by atoms with Crippen LogP contribution in [0.25, 0.3) is 0 Å². The number of thioether (sulfide) groups is 1. The van der Waals surface area contributed by atoms with Gasteiger partial charge in [-0.3, -0.25) is 0 Å². The van der Waals surface area contributed by atoms with Crippen LogP contribution in [-0.4, -0.2) is 65.1 Å². The van der Waals surface area contributed by atoms with E-state index in [0.717, 1.165) is 5.56 Å². The maximum Gasteiger partial charge on any atom is 0.407 e. The zero-order chi connectivity index (χ0) is 17.0. The van der Waals surface area contributed by atoms with Crippen molar-refractivity contribution in [2.75, 3.05) is 31.7 Å². The maximum absolute atomic E-state index is 11.4. The molecule has 1 aliphatic heterocycles. The molecule has 1 fully saturated rings. The molecule has 0 bridgehead atoms. The van der Waals surface area contributed by atoms with Crippen molar-refractivity contribution in [1.82, 2.24) is 4.90 Å². The molecule has 0 aromatic heterocycles. The minimum atomic E-state index is -1.00. The van der Waals surface area contributed by atoms with E-state index >= 15 is 0 Å². The van der Waals surface area contributed by atoms with Gasteiger partial charge in [0.1, 0.15) is 0 Å².